The summed E-state index contributed by atoms with van der Waals surface area (Å²) in [5, 5.41) is 0. The van der Waals surface area contributed by atoms with Gasteiger partial charge in [0.1, 0.15) is 0 Å². The van der Waals surface area contributed by atoms with Gasteiger partial charge < -0.3 is 9.47 Å². The van der Waals surface area contributed by atoms with E-state index in [1.165, 1.54) is 7.11 Å². The average molecular weight is 213 g/mol. The second-order valence-corrected chi connectivity index (χ2v) is 3.65. The van der Waals surface area contributed by atoms with Crippen molar-refractivity contribution >= 4 is 5.97 Å². The third-order valence-corrected chi connectivity index (χ3v) is 2.48. The molecule has 0 aromatic rings. The molecular formula is C11H19NO3. The zero-order valence-electron chi connectivity index (χ0n) is 9.49. The Morgan fingerprint density at radius 1 is 1.47 bits per heavy atom. The Hall–Kier alpha value is -0.870. The number of carbonyl (C=O) groups is 1. The molecule has 0 amide bonds. The molecule has 0 aromatic heterocycles. The Bertz CT molecular complexity index is 230. The van der Waals surface area contributed by atoms with Gasteiger partial charge in [0.2, 0.25) is 0 Å². The van der Waals surface area contributed by atoms with Crippen molar-refractivity contribution in [2.45, 2.75) is 13.3 Å². The maximum atomic E-state index is 11.1. The van der Waals surface area contributed by atoms with Gasteiger partial charge in [-0.25, -0.2) is 4.79 Å². The van der Waals surface area contributed by atoms with Crippen LogP contribution in [-0.4, -0.2) is 50.8 Å². The van der Waals surface area contributed by atoms with Crippen molar-refractivity contribution < 1.29 is 14.3 Å². The summed E-state index contributed by atoms with van der Waals surface area (Å²) in [6, 6.07) is 0. The molecule has 15 heavy (non-hydrogen) atoms. The van der Waals surface area contributed by atoms with Crippen LogP contribution >= 0.6 is 0 Å². The van der Waals surface area contributed by atoms with Gasteiger partial charge in [0.05, 0.1) is 13.7 Å². The van der Waals surface area contributed by atoms with Gasteiger partial charge in [-0.3, -0.25) is 4.90 Å². The van der Waals surface area contributed by atoms with Crippen LogP contribution in [0.25, 0.3) is 0 Å². The monoisotopic (exact) mass is 213 g/mol. The molecule has 0 atom stereocenters. The summed E-state index contributed by atoms with van der Waals surface area (Å²) in [5.74, 6) is -0.249. The number of rotatable bonds is 3. The lowest BCUT2D eigenvalue weighted by atomic mass is 10.2. The van der Waals surface area contributed by atoms with E-state index in [1.807, 2.05) is 6.08 Å². The minimum absolute atomic E-state index is 0.249. The Morgan fingerprint density at radius 2 is 2.27 bits per heavy atom. The molecule has 4 heteroatoms. The van der Waals surface area contributed by atoms with Gasteiger partial charge in [-0.15, -0.1) is 0 Å². The lowest BCUT2D eigenvalue weighted by Crippen LogP contribution is -2.26. The second-order valence-electron chi connectivity index (χ2n) is 3.65. The fraction of sp³-hybridized carbons (Fsp3) is 0.727. The molecule has 1 heterocycles. The van der Waals surface area contributed by atoms with Crippen molar-refractivity contribution in [2.24, 2.45) is 0 Å². The van der Waals surface area contributed by atoms with Crippen LogP contribution in [0.2, 0.25) is 0 Å². The van der Waals surface area contributed by atoms with Crippen molar-refractivity contribution in [2.75, 3.05) is 40.0 Å². The van der Waals surface area contributed by atoms with E-state index in [0.717, 1.165) is 39.3 Å². The van der Waals surface area contributed by atoms with E-state index >= 15 is 0 Å². The number of nitrogens with zero attached hydrogens (tertiary/aromatic N) is 1. The molecule has 0 radical (unpaired) electrons. The molecule has 0 spiro atoms. The molecule has 0 N–H and O–H groups in total. The summed E-state index contributed by atoms with van der Waals surface area (Å²) in [7, 11) is 1.40. The first-order chi connectivity index (χ1) is 7.24. The summed E-state index contributed by atoms with van der Waals surface area (Å²) in [5.41, 5.74) is 0.669. The van der Waals surface area contributed by atoms with Crippen molar-refractivity contribution in [3.05, 3.63) is 11.6 Å². The largest absolute Gasteiger partial charge is 0.466 e. The molecule has 0 saturated carbocycles. The van der Waals surface area contributed by atoms with Crippen LogP contribution in [0.4, 0.5) is 0 Å². The van der Waals surface area contributed by atoms with Crippen LogP contribution in [-0.2, 0) is 14.3 Å². The van der Waals surface area contributed by atoms with Gasteiger partial charge in [0.15, 0.2) is 0 Å². The molecular weight excluding hydrogens is 194 g/mol. The lowest BCUT2D eigenvalue weighted by molar-refractivity contribution is -0.136. The van der Waals surface area contributed by atoms with Gasteiger partial charge in [0.25, 0.3) is 0 Å². The molecule has 1 fully saturated rings. The highest BCUT2D eigenvalue weighted by Gasteiger charge is 2.08. The van der Waals surface area contributed by atoms with Crippen LogP contribution in [0.15, 0.2) is 11.6 Å². The normalized spacial score (nSPS) is 19.7. The predicted octanol–water partition coefficient (Wildman–Crippen LogP) is 0.828. The molecule has 0 bridgehead atoms. The van der Waals surface area contributed by atoms with Crippen LogP contribution < -0.4 is 0 Å². The number of ether oxygens (including phenoxy) is 2. The first-order valence-electron chi connectivity index (χ1n) is 5.29. The molecule has 1 aliphatic heterocycles. The van der Waals surface area contributed by atoms with E-state index in [2.05, 4.69) is 9.64 Å². The number of hydrogen-bond acceptors (Lipinski definition) is 4. The first-order valence-corrected chi connectivity index (χ1v) is 5.29. The maximum Gasteiger partial charge on any atom is 0.333 e. The van der Waals surface area contributed by atoms with Gasteiger partial charge in [-0.2, -0.15) is 0 Å². The molecule has 1 rings (SSSR count). The highest BCUT2D eigenvalue weighted by Crippen LogP contribution is 2.01. The standard InChI is InChI=1S/C11H19NO3/c1-10(11(13)14-2)4-6-12-5-3-8-15-9-7-12/h4H,3,5-9H2,1-2H3. The average Bonchev–Trinajstić information content (AvgIpc) is 2.53. The summed E-state index contributed by atoms with van der Waals surface area (Å²) in [6.45, 7) is 6.17. The molecule has 4 nitrogen and oxygen atoms in total. The highest BCUT2D eigenvalue weighted by molar-refractivity contribution is 5.87. The number of hydrogen-bond donors (Lipinski definition) is 0. The topological polar surface area (TPSA) is 38.8 Å². The first kappa shape index (κ1) is 12.2. The summed E-state index contributed by atoms with van der Waals surface area (Å²) in [4.78, 5) is 13.4. The van der Waals surface area contributed by atoms with Crippen LogP contribution in [0, 0.1) is 0 Å². The van der Waals surface area contributed by atoms with E-state index < -0.39 is 0 Å². The van der Waals surface area contributed by atoms with Crippen molar-refractivity contribution in [3.8, 4) is 0 Å². The van der Waals surface area contributed by atoms with Crippen LogP contribution in [0.3, 0.4) is 0 Å². The van der Waals surface area contributed by atoms with Gasteiger partial charge in [-0.1, -0.05) is 6.08 Å². The maximum absolute atomic E-state index is 11.1. The fourth-order valence-electron chi connectivity index (χ4n) is 1.49. The molecule has 1 saturated heterocycles. The van der Waals surface area contributed by atoms with Crippen molar-refractivity contribution in [1.82, 2.24) is 4.90 Å². The zero-order valence-corrected chi connectivity index (χ0v) is 9.49. The Kier molecular flexibility index (Phi) is 5.36. The number of esters is 1. The van der Waals surface area contributed by atoms with Gasteiger partial charge >= 0.3 is 5.97 Å². The summed E-state index contributed by atoms with van der Waals surface area (Å²) >= 11 is 0. The molecule has 0 aromatic carbocycles. The van der Waals surface area contributed by atoms with Gasteiger partial charge in [0, 0.05) is 31.8 Å². The highest BCUT2D eigenvalue weighted by atomic mass is 16.5. The fourth-order valence-corrected chi connectivity index (χ4v) is 1.49. The van der Waals surface area contributed by atoms with Crippen molar-refractivity contribution in [1.29, 1.82) is 0 Å². The minimum atomic E-state index is -0.249. The molecule has 1 aliphatic rings. The molecule has 0 unspecified atom stereocenters. The van der Waals surface area contributed by atoms with Gasteiger partial charge in [-0.05, 0) is 13.3 Å². The third-order valence-electron chi connectivity index (χ3n) is 2.48. The number of methoxy groups -OCH3 is 1. The summed E-state index contributed by atoms with van der Waals surface area (Å²) < 4.78 is 9.97. The van der Waals surface area contributed by atoms with Crippen LogP contribution in [0.5, 0.6) is 0 Å². The quantitative estimate of drug-likeness (QED) is 0.514. The van der Waals surface area contributed by atoms with E-state index in [0.29, 0.717) is 5.57 Å². The lowest BCUT2D eigenvalue weighted by Gasteiger charge is -2.16. The molecule has 0 aliphatic carbocycles. The van der Waals surface area contributed by atoms with E-state index in [9.17, 15) is 4.79 Å². The van der Waals surface area contributed by atoms with Crippen LogP contribution in [0.1, 0.15) is 13.3 Å². The van der Waals surface area contributed by atoms with E-state index in [-0.39, 0.29) is 5.97 Å². The Labute approximate surface area is 90.8 Å². The van der Waals surface area contributed by atoms with E-state index in [4.69, 9.17) is 4.74 Å². The summed E-state index contributed by atoms with van der Waals surface area (Å²) in [6.07, 6.45) is 2.97. The zero-order chi connectivity index (χ0) is 11.1. The number of carbonyl (C=O) groups excluding carboxylic acids is 1. The smallest absolute Gasteiger partial charge is 0.333 e. The molecule has 86 valence electrons. The second kappa shape index (κ2) is 6.58. The Morgan fingerprint density at radius 3 is 3.00 bits per heavy atom. The minimum Gasteiger partial charge on any atom is -0.466 e. The SMILES string of the molecule is COC(=O)C(C)=CCN1CCCOCC1. The predicted molar refractivity (Wildman–Crippen MR) is 57.6 cm³/mol. The van der Waals surface area contributed by atoms with E-state index in [1.54, 1.807) is 6.92 Å². The third kappa shape index (κ3) is 4.44. The van der Waals surface area contributed by atoms with Crippen molar-refractivity contribution in [3.63, 3.8) is 0 Å². The Balaban J connectivity index is 2.36.